The van der Waals surface area contributed by atoms with E-state index in [-0.39, 0.29) is 18.0 Å². The maximum Gasteiger partial charge on any atom is 0.534 e. The molecule has 3 rings (SSSR count). The molecular weight excluding hydrogens is 391 g/mol. The maximum atomic E-state index is 12.7. The molecule has 0 aromatic carbocycles. The van der Waals surface area contributed by atoms with Crippen molar-refractivity contribution in [3.8, 4) is 5.88 Å². The first-order chi connectivity index (χ1) is 12.2. The molecule has 2 aliphatic heterocycles. The number of halogens is 3. The average Bonchev–Trinajstić information content (AvgIpc) is 2.95. The van der Waals surface area contributed by atoms with Crippen LogP contribution < -0.4 is 4.18 Å². The summed E-state index contributed by atoms with van der Waals surface area (Å²) in [6, 6.07) is -0.816. The van der Waals surface area contributed by atoms with Crippen LogP contribution in [0.25, 0.3) is 0 Å². The van der Waals surface area contributed by atoms with Gasteiger partial charge in [-0.25, -0.2) is 9.48 Å². The molecule has 2 aliphatic rings. The van der Waals surface area contributed by atoms with E-state index in [9.17, 15) is 26.4 Å². The first-order valence-corrected chi connectivity index (χ1v) is 9.70. The number of hydrogen-bond donors (Lipinski definition) is 0. The lowest BCUT2D eigenvalue weighted by molar-refractivity contribution is -0.0502. The number of carbonyl (C=O) groups is 1. The number of aromatic nitrogens is 2. The topological polar surface area (TPSA) is 90.7 Å². The summed E-state index contributed by atoms with van der Waals surface area (Å²) in [5.74, 6) is -0.469. The summed E-state index contributed by atoms with van der Waals surface area (Å²) < 4.78 is 71.5. The molecule has 0 aliphatic carbocycles. The van der Waals surface area contributed by atoms with E-state index in [1.54, 1.807) is 20.8 Å². The lowest BCUT2D eigenvalue weighted by atomic mass is 10.0. The van der Waals surface area contributed by atoms with Crippen LogP contribution in [0.4, 0.5) is 18.0 Å². The van der Waals surface area contributed by atoms with Gasteiger partial charge in [0.2, 0.25) is 5.88 Å². The Labute approximate surface area is 154 Å². The van der Waals surface area contributed by atoms with Gasteiger partial charge in [-0.2, -0.15) is 26.7 Å². The van der Waals surface area contributed by atoms with E-state index in [0.717, 1.165) is 4.68 Å². The molecule has 0 unspecified atom stereocenters. The summed E-state index contributed by atoms with van der Waals surface area (Å²) >= 11 is 0. The Morgan fingerprint density at radius 2 is 1.85 bits per heavy atom. The minimum Gasteiger partial charge on any atom is -0.444 e. The Bertz CT molecular complexity index is 872. The van der Waals surface area contributed by atoms with Gasteiger partial charge in [0.15, 0.2) is 0 Å². The molecule has 1 aromatic rings. The van der Waals surface area contributed by atoms with E-state index in [2.05, 4.69) is 9.28 Å². The number of hydrogen-bond acceptors (Lipinski definition) is 6. The fourth-order valence-electron chi connectivity index (χ4n) is 3.47. The summed E-state index contributed by atoms with van der Waals surface area (Å²) in [7, 11) is -4.51. The summed E-state index contributed by atoms with van der Waals surface area (Å²) in [5, 5.41) is 4.14. The highest BCUT2D eigenvalue weighted by atomic mass is 32.2. The molecule has 2 bridgehead atoms. The van der Waals surface area contributed by atoms with Crippen molar-refractivity contribution in [1.29, 1.82) is 0 Å². The molecule has 1 aromatic heterocycles. The predicted octanol–water partition coefficient (Wildman–Crippen LogP) is 2.65. The SMILES string of the molecule is Cn1nc2c(c1OS(=O)(=O)C(F)(F)F)C[C@@H]1CC[C@H]2N1C(=O)OC(C)(C)C. The minimum absolute atomic E-state index is 0.141. The number of fused-ring (bicyclic) bond motifs is 4. The predicted molar refractivity (Wildman–Crippen MR) is 86.4 cm³/mol. The molecule has 2 atom stereocenters. The molecule has 27 heavy (non-hydrogen) atoms. The summed E-state index contributed by atoms with van der Waals surface area (Å²) in [6.07, 6.45) is 0.771. The third-order valence-corrected chi connectivity index (χ3v) is 5.40. The monoisotopic (exact) mass is 411 g/mol. The number of ether oxygens (including phenoxy) is 1. The lowest BCUT2D eigenvalue weighted by Gasteiger charge is -2.35. The van der Waals surface area contributed by atoms with Gasteiger partial charge in [-0.3, -0.25) is 4.90 Å². The summed E-state index contributed by atoms with van der Waals surface area (Å²) in [5.41, 5.74) is -5.63. The Balaban J connectivity index is 1.94. The summed E-state index contributed by atoms with van der Waals surface area (Å²) in [4.78, 5) is 14.1. The Hall–Kier alpha value is -1.98. The van der Waals surface area contributed by atoms with Crippen LogP contribution >= 0.6 is 0 Å². The van der Waals surface area contributed by atoms with Crippen LogP contribution in [0.1, 0.15) is 50.9 Å². The number of aryl methyl sites for hydroxylation is 1. The van der Waals surface area contributed by atoms with Crippen LogP contribution in [-0.4, -0.2) is 46.3 Å². The van der Waals surface area contributed by atoms with Gasteiger partial charge in [0, 0.05) is 25.1 Å². The standard InChI is InChI=1S/C15H20F3N3O5S/c1-14(2,3)25-13(22)21-8-5-6-10(21)11-9(7-8)12(20(4)19-11)26-27(23,24)15(16,17)18/h8,10H,5-7H2,1-4H3/t8-,10+/m0/s1. The third-order valence-electron chi connectivity index (χ3n) is 4.45. The second-order valence-electron chi connectivity index (χ2n) is 7.61. The fraction of sp³-hybridized carbons (Fsp3) is 0.733. The molecule has 3 heterocycles. The fourth-order valence-corrected chi connectivity index (χ4v) is 3.98. The van der Waals surface area contributed by atoms with Crippen molar-refractivity contribution in [2.24, 2.45) is 7.05 Å². The zero-order chi connectivity index (χ0) is 20.4. The molecule has 1 fully saturated rings. The zero-order valence-corrected chi connectivity index (χ0v) is 16.0. The van der Waals surface area contributed by atoms with Crippen LogP contribution in [0.3, 0.4) is 0 Å². The first kappa shape index (κ1) is 19.8. The highest BCUT2D eigenvalue weighted by molar-refractivity contribution is 7.87. The van der Waals surface area contributed by atoms with Crippen molar-refractivity contribution in [2.45, 2.75) is 63.2 Å². The van der Waals surface area contributed by atoms with E-state index in [1.165, 1.54) is 11.9 Å². The van der Waals surface area contributed by atoms with Crippen LogP contribution in [0, 0.1) is 0 Å². The van der Waals surface area contributed by atoms with Crippen molar-refractivity contribution in [1.82, 2.24) is 14.7 Å². The van der Waals surface area contributed by atoms with E-state index in [0.29, 0.717) is 18.5 Å². The van der Waals surface area contributed by atoms with E-state index in [1.807, 2.05) is 0 Å². The number of nitrogens with zero attached hydrogens (tertiary/aromatic N) is 3. The minimum atomic E-state index is -5.81. The number of amides is 1. The van der Waals surface area contributed by atoms with Crippen LogP contribution in [0.15, 0.2) is 0 Å². The molecule has 8 nitrogen and oxygen atoms in total. The molecule has 1 saturated heterocycles. The smallest absolute Gasteiger partial charge is 0.444 e. The Morgan fingerprint density at radius 3 is 2.41 bits per heavy atom. The average molecular weight is 411 g/mol. The molecule has 0 N–H and O–H groups in total. The van der Waals surface area contributed by atoms with Crippen molar-refractivity contribution in [2.75, 3.05) is 0 Å². The van der Waals surface area contributed by atoms with Crippen LogP contribution in [0.2, 0.25) is 0 Å². The van der Waals surface area contributed by atoms with Gasteiger partial charge in [-0.15, -0.1) is 0 Å². The van der Waals surface area contributed by atoms with Gasteiger partial charge in [0.05, 0.1) is 11.7 Å². The molecular formula is C15H20F3N3O5S. The lowest BCUT2D eigenvalue weighted by Crippen LogP contribution is -2.44. The van der Waals surface area contributed by atoms with E-state index in [4.69, 9.17) is 4.74 Å². The number of rotatable bonds is 2. The van der Waals surface area contributed by atoms with Gasteiger partial charge in [-0.1, -0.05) is 0 Å². The number of alkyl halides is 3. The molecule has 0 spiro atoms. The van der Waals surface area contributed by atoms with Crippen molar-refractivity contribution >= 4 is 16.2 Å². The Kier molecular flexibility index (Phi) is 4.40. The van der Waals surface area contributed by atoms with E-state index < -0.39 is 39.2 Å². The van der Waals surface area contributed by atoms with Crippen molar-refractivity contribution in [3.05, 3.63) is 11.3 Å². The van der Waals surface area contributed by atoms with Gasteiger partial charge in [-0.05, 0) is 33.6 Å². The molecule has 1 amide bonds. The summed E-state index contributed by atoms with van der Waals surface area (Å²) in [6.45, 7) is 5.20. The molecule has 152 valence electrons. The molecule has 0 saturated carbocycles. The normalized spacial score (nSPS) is 22.6. The van der Waals surface area contributed by atoms with Crippen molar-refractivity contribution < 1.29 is 35.3 Å². The van der Waals surface area contributed by atoms with Crippen LogP contribution in [0.5, 0.6) is 5.88 Å². The van der Waals surface area contributed by atoms with Gasteiger partial charge < -0.3 is 8.92 Å². The first-order valence-electron chi connectivity index (χ1n) is 8.29. The van der Waals surface area contributed by atoms with Gasteiger partial charge in [0.1, 0.15) is 5.60 Å². The second kappa shape index (κ2) is 6.01. The quantitative estimate of drug-likeness (QED) is 0.549. The number of carbonyl (C=O) groups excluding carboxylic acids is 1. The van der Waals surface area contributed by atoms with Crippen LogP contribution in [-0.2, 0) is 28.3 Å². The Morgan fingerprint density at radius 1 is 1.22 bits per heavy atom. The molecule has 12 heteroatoms. The van der Waals surface area contributed by atoms with Crippen molar-refractivity contribution in [3.63, 3.8) is 0 Å². The van der Waals surface area contributed by atoms with E-state index >= 15 is 0 Å². The molecule has 0 radical (unpaired) electrons. The second-order valence-corrected chi connectivity index (χ2v) is 9.15. The zero-order valence-electron chi connectivity index (χ0n) is 15.2. The largest absolute Gasteiger partial charge is 0.534 e. The van der Waals surface area contributed by atoms with Gasteiger partial charge >= 0.3 is 21.7 Å². The highest BCUT2D eigenvalue weighted by Crippen LogP contribution is 2.47. The van der Waals surface area contributed by atoms with Gasteiger partial charge in [0.25, 0.3) is 0 Å². The maximum absolute atomic E-state index is 12.7. The highest BCUT2D eigenvalue weighted by Gasteiger charge is 2.51. The third kappa shape index (κ3) is 3.46.